The van der Waals surface area contributed by atoms with Gasteiger partial charge in [0.2, 0.25) is 5.91 Å². The van der Waals surface area contributed by atoms with Crippen molar-refractivity contribution in [2.24, 2.45) is 5.92 Å². The molecule has 2 aliphatic rings. The summed E-state index contributed by atoms with van der Waals surface area (Å²) in [4.78, 5) is 14.3. The van der Waals surface area contributed by atoms with E-state index < -0.39 is 0 Å². The van der Waals surface area contributed by atoms with Crippen molar-refractivity contribution in [1.29, 1.82) is 5.26 Å². The number of rotatable bonds is 1. The second kappa shape index (κ2) is 6.75. The molecule has 18 heavy (non-hydrogen) atoms. The smallest absolute Gasteiger partial charge is 0.226 e. The number of carbonyl (C=O) groups is 1. The molecule has 100 valence electrons. The van der Waals surface area contributed by atoms with Crippen molar-refractivity contribution in [3.05, 3.63) is 0 Å². The molecule has 1 aliphatic heterocycles. The zero-order valence-corrected chi connectivity index (χ0v) is 11.0. The highest BCUT2D eigenvalue weighted by atomic mass is 16.2. The zero-order chi connectivity index (χ0) is 12.8. The maximum absolute atomic E-state index is 12.5. The largest absolute Gasteiger partial charge is 0.324 e. The van der Waals surface area contributed by atoms with Gasteiger partial charge in [0.1, 0.15) is 6.04 Å². The first-order valence-corrected chi connectivity index (χ1v) is 7.23. The van der Waals surface area contributed by atoms with Crippen LogP contribution in [0, 0.1) is 17.2 Å². The summed E-state index contributed by atoms with van der Waals surface area (Å²) in [6, 6.07) is 1.98. The number of nitriles is 1. The molecule has 2 rings (SSSR count). The van der Waals surface area contributed by atoms with Crippen LogP contribution >= 0.6 is 0 Å². The van der Waals surface area contributed by atoms with Gasteiger partial charge in [-0.25, -0.2) is 0 Å². The Kier molecular flexibility index (Phi) is 5.00. The van der Waals surface area contributed by atoms with Crippen LogP contribution in [0.25, 0.3) is 0 Å². The van der Waals surface area contributed by atoms with Crippen molar-refractivity contribution in [2.75, 3.05) is 19.6 Å². The predicted molar refractivity (Wildman–Crippen MR) is 69.8 cm³/mol. The van der Waals surface area contributed by atoms with Crippen molar-refractivity contribution in [3.63, 3.8) is 0 Å². The average Bonchev–Trinajstić information content (AvgIpc) is 2.37. The van der Waals surface area contributed by atoms with Gasteiger partial charge < -0.3 is 10.2 Å². The summed E-state index contributed by atoms with van der Waals surface area (Å²) < 4.78 is 0. The summed E-state index contributed by atoms with van der Waals surface area (Å²) in [5.41, 5.74) is 0. The van der Waals surface area contributed by atoms with E-state index in [9.17, 15) is 4.79 Å². The van der Waals surface area contributed by atoms with Gasteiger partial charge in [-0.05, 0) is 12.8 Å². The molecule has 1 saturated heterocycles. The van der Waals surface area contributed by atoms with E-state index in [0.717, 1.165) is 19.4 Å². The third-order valence-corrected chi connectivity index (χ3v) is 4.13. The van der Waals surface area contributed by atoms with Gasteiger partial charge in [-0.2, -0.15) is 5.26 Å². The van der Waals surface area contributed by atoms with Gasteiger partial charge in [0.25, 0.3) is 0 Å². The second-order valence-electron chi connectivity index (χ2n) is 5.42. The van der Waals surface area contributed by atoms with Gasteiger partial charge in [0.05, 0.1) is 6.07 Å². The molecule has 0 aromatic carbocycles. The lowest BCUT2D eigenvalue weighted by Crippen LogP contribution is -2.54. The quantitative estimate of drug-likeness (QED) is 0.769. The first-order chi connectivity index (χ1) is 8.83. The van der Waals surface area contributed by atoms with E-state index in [1.165, 1.54) is 32.1 Å². The minimum atomic E-state index is -0.267. The minimum Gasteiger partial charge on any atom is -0.324 e. The molecular formula is C14H23N3O. The van der Waals surface area contributed by atoms with E-state index in [-0.39, 0.29) is 17.9 Å². The molecule has 1 unspecified atom stereocenters. The molecule has 4 nitrogen and oxygen atoms in total. The highest BCUT2D eigenvalue weighted by Gasteiger charge is 2.31. The Morgan fingerprint density at radius 2 is 1.83 bits per heavy atom. The number of hydrogen-bond acceptors (Lipinski definition) is 3. The van der Waals surface area contributed by atoms with Gasteiger partial charge in [-0.3, -0.25) is 4.79 Å². The van der Waals surface area contributed by atoms with Gasteiger partial charge in [-0.15, -0.1) is 0 Å². The van der Waals surface area contributed by atoms with Crippen LogP contribution in [0.2, 0.25) is 0 Å². The van der Waals surface area contributed by atoms with Crippen molar-refractivity contribution >= 4 is 5.91 Å². The summed E-state index contributed by atoms with van der Waals surface area (Å²) in [5, 5.41) is 12.3. The summed E-state index contributed by atoms with van der Waals surface area (Å²) in [5.74, 6) is 0.393. The van der Waals surface area contributed by atoms with Gasteiger partial charge in [0.15, 0.2) is 0 Å². The van der Waals surface area contributed by atoms with Crippen LogP contribution < -0.4 is 5.32 Å². The summed E-state index contributed by atoms with van der Waals surface area (Å²) >= 11 is 0. The summed E-state index contributed by atoms with van der Waals surface area (Å²) in [6.07, 6.45) is 8.19. The fraction of sp³-hybridized carbons (Fsp3) is 0.857. The molecule has 1 saturated carbocycles. The average molecular weight is 249 g/mol. The van der Waals surface area contributed by atoms with Gasteiger partial charge >= 0.3 is 0 Å². The third kappa shape index (κ3) is 3.23. The maximum Gasteiger partial charge on any atom is 0.226 e. The molecule has 1 aliphatic carbocycles. The molecule has 2 fully saturated rings. The summed E-state index contributed by atoms with van der Waals surface area (Å²) in [7, 11) is 0. The molecule has 1 atom stereocenters. The SMILES string of the molecule is N#CC1CNCCN1C(=O)C1CCCCCCC1. The minimum absolute atomic E-state index is 0.166. The summed E-state index contributed by atoms with van der Waals surface area (Å²) in [6.45, 7) is 2.12. The Balaban J connectivity index is 1.97. The zero-order valence-electron chi connectivity index (χ0n) is 11.0. The van der Waals surface area contributed by atoms with E-state index in [4.69, 9.17) is 5.26 Å². The van der Waals surface area contributed by atoms with Crippen LogP contribution in [0.3, 0.4) is 0 Å². The van der Waals surface area contributed by atoms with E-state index in [1.807, 2.05) is 4.90 Å². The van der Waals surface area contributed by atoms with Crippen molar-refractivity contribution < 1.29 is 4.79 Å². The molecule has 0 spiro atoms. The normalized spacial score (nSPS) is 27.1. The standard InChI is InChI=1S/C14H23N3O/c15-10-13-11-16-8-9-17(13)14(18)12-6-4-2-1-3-5-7-12/h12-13,16H,1-9,11H2. The molecule has 0 aromatic heterocycles. The molecule has 0 aromatic rings. The number of nitrogens with one attached hydrogen (secondary N) is 1. The topological polar surface area (TPSA) is 56.1 Å². The molecule has 1 amide bonds. The number of carbonyl (C=O) groups excluding carboxylic acids is 1. The third-order valence-electron chi connectivity index (χ3n) is 4.13. The molecular weight excluding hydrogens is 226 g/mol. The fourth-order valence-electron chi connectivity index (χ4n) is 3.02. The first kappa shape index (κ1) is 13.4. The van der Waals surface area contributed by atoms with E-state index in [1.54, 1.807) is 0 Å². The molecule has 0 radical (unpaired) electrons. The molecule has 1 heterocycles. The molecule has 4 heteroatoms. The van der Waals surface area contributed by atoms with Crippen molar-refractivity contribution in [1.82, 2.24) is 10.2 Å². The number of amides is 1. The van der Waals surface area contributed by atoms with Crippen LogP contribution in [0.4, 0.5) is 0 Å². The number of piperazine rings is 1. The maximum atomic E-state index is 12.5. The van der Waals surface area contributed by atoms with Gasteiger partial charge in [0, 0.05) is 25.6 Å². The van der Waals surface area contributed by atoms with Crippen LogP contribution in [-0.2, 0) is 4.79 Å². The van der Waals surface area contributed by atoms with Crippen LogP contribution in [-0.4, -0.2) is 36.5 Å². The van der Waals surface area contributed by atoms with Crippen molar-refractivity contribution in [2.45, 2.75) is 51.0 Å². The fourth-order valence-corrected chi connectivity index (χ4v) is 3.02. The lowest BCUT2D eigenvalue weighted by molar-refractivity contribution is -0.138. The van der Waals surface area contributed by atoms with Crippen molar-refractivity contribution in [3.8, 4) is 6.07 Å². The van der Waals surface area contributed by atoms with Crippen LogP contribution in [0.5, 0.6) is 0 Å². The van der Waals surface area contributed by atoms with Gasteiger partial charge in [-0.1, -0.05) is 32.1 Å². The Morgan fingerprint density at radius 3 is 2.50 bits per heavy atom. The van der Waals surface area contributed by atoms with E-state index in [0.29, 0.717) is 13.1 Å². The number of hydrogen-bond donors (Lipinski definition) is 1. The van der Waals surface area contributed by atoms with Crippen LogP contribution in [0.1, 0.15) is 44.9 Å². The highest BCUT2D eigenvalue weighted by molar-refractivity contribution is 5.79. The Hall–Kier alpha value is -1.08. The monoisotopic (exact) mass is 249 g/mol. The Bertz CT molecular complexity index is 315. The number of nitrogens with zero attached hydrogens (tertiary/aromatic N) is 2. The predicted octanol–water partition coefficient (Wildman–Crippen LogP) is 1.67. The van der Waals surface area contributed by atoms with E-state index in [2.05, 4.69) is 11.4 Å². The Labute approximate surface area is 109 Å². The second-order valence-corrected chi connectivity index (χ2v) is 5.42. The lowest BCUT2D eigenvalue weighted by atomic mass is 9.89. The first-order valence-electron chi connectivity index (χ1n) is 7.23. The highest BCUT2D eigenvalue weighted by Crippen LogP contribution is 2.24. The van der Waals surface area contributed by atoms with E-state index >= 15 is 0 Å². The molecule has 0 bridgehead atoms. The lowest BCUT2D eigenvalue weighted by Gasteiger charge is -2.35. The van der Waals surface area contributed by atoms with Crippen LogP contribution in [0.15, 0.2) is 0 Å². The molecule has 1 N–H and O–H groups in total. The Morgan fingerprint density at radius 1 is 1.17 bits per heavy atom.